The molecule has 0 saturated heterocycles. The summed E-state index contributed by atoms with van der Waals surface area (Å²) in [5.74, 6) is -0.718. The van der Waals surface area contributed by atoms with Crippen LogP contribution in [0.2, 0.25) is 10.0 Å². The van der Waals surface area contributed by atoms with Gasteiger partial charge in [0.1, 0.15) is 12.6 Å². The van der Waals surface area contributed by atoms with E-state index in [2.05, 4.69) is 5.32 Å². The van der Waals surface area contributed by atoms with E-state index < -0.39 is 28.5 Å². The van der Waals surface area contributed by atoms with Gasteiger partial charge in [0.2, 0.25) is 21.8 Å². The number of amides is 2. The number of nitrogens with zero attached hydrogens (tertiary/aromatic N) is 2. The van der Waals surface area contributed by atoms with Gasteiger partial charge in [0.25, 0.3) is 0 Å². The molecular weight excluding hydrogens is 521 g/mol. The highest BCUT2D eigenvalue weighted by Gasteiger charge is 2.33. The zero-order valence-corrected chi connectivity index (χ0v) is 23.0. The number of carbonyl (C=O) groups excluding carboxylic acids is 2. The molecule has 0 bridgehead atoms. The molecule has 1 N–H and O–H groups in total. The predicted octanol–water partition coefficient (Wildman–Crippen LogP) is 5.02. The van der Waals surface area contributed by atoms with Gasteiger partial charge in [-0.05, 0) is 43.0 Å². The van der Waals surface area contributed by atoms with Crippen LogP contribution in [-0.4, -0.2) is 50.0 Å². The molecule has 1 aliphatic rings. The minimum Gasteiger partial charge on any atom is -0.352 e. The first-order valence-corrected chi connectivity index (χ1v) is 14.8. The minimum atomic E-state index is -3.87. The number of carbonyl (C=O) groups is 2. The van der Waals surface area contributed by atoms with Gasteiger partial charge in [-0.1, -0.05) is 79.7 Å². The van der Waals surface area contributed by atoms with Crippen molar-refractivity contribution in [3.8, 4) is 0 Å². The number of sulfonamides is 1. The highest BCUT2D eigenvalue weighted by atomic mass is 35.5. The summed E-state index contributed by atoms with van der Waals surface area (Å²) in [5, 5.41) is 3.58. The van der Waals surface area contributed by atoms with Crippen LogP contribution in [0, 0.1) is 0 Å². The van der Waals surface area contributed by atoms with Crippen molar-refractivity contribution in [2.75, 3.05) is 17.1 Å². The maximum Gasteiger partial charge on any atom is 0.244 e. The van der Waals surface area contributed by atoms with Gasteiger partial charge in [-0.15, -0.1) is 0 Å². The van der Waals surface area contributed by atoms with Crippen molar-refractivity contribution in [1.29, 1.82) is 0 Å². The molecule has 7 nitrogen and oxygen atoms in total. The van der Waals surface area contributed by atoms with E-state index in [1.807, 2.05) is 37.3 Å². The molecule has 0 spiro atoms. The average molecular weight is 555 g/mol. The van der Waals surface area contributed by atoms with Crippen LogP contribution < -0.4 is 9.62 Å². The van der Waals surface area contributed by atoms with Crippen molar-refractivity contribution in [2.45, 2.75) is 64.1 Å². The van der Waals surface area contributed by atoms with Gasteiger partial charge in [0.05, 0.1) is 17.0 Å². The molecule has 1 aliphatic carbocycles. The Morgan fingerprint density at radius 2 is 1.72 bits per heavy atom. The van der Waals surface area contributed by atoms with Gasteiger partial charge in [0, 0.05) is 17.6 Å². The zero-order valence-electron chi connectivity index (χ0n) is 20.6. The molecule has 196 valence electrons. The molecule has 3 rings (SSSR count). The van der Waals surface area contributed by atoms with Gasteiger partial charge in [-0.25, -0.2) is 8.42 Å². The lowest BCUT2D eigenvalue weighted by atomic mass is 9.95. The highest BCUT2D eigenvalue weighted by molar-refractivity contribution is 7.92. The van der Waals surface area contributed by atoms with E-state index in [1.54, 1.807) is 0 Å². The average Bonchev–Trinajstić information content (AvgIpc) is 2.83. The molecule has 2 aromatic carbocycles. The summed E-state index contributed by atoms with van der Waals surface area (Å²) in [7, 11) is -3.87. The molecule has 1 unspecified atom stereocenters. The Hall–Kier alpha value is -2.29. The van der Waals surface area contributed by atoms with Crippen LogP contribution in [0.1, 0.15) is 51.0 Å². The molecule has 1 fully saturated rings. The fraction of sp³-hybridized carbons (Fsp3) is 0.462. The smallest absolute Gasteiger partial charge is 0.244 e. The standard InChI is InChI=1S/C26H33Cl2N3O4S/c1-3-23(26(33)29-21-12-8-5-9-13-21)30(17-19-10-6-4-7-11-19)25(32)18-31(36(2,34)35)24-15-14-20(27)16-22(24)28/h4,6-7,10-11,14-16,21,23H,3,5,8-9,12-13,17-18H2,1-2H3,(H,29,33). The first-order chi connectivity index (χ1) is 17.1. The van der Waals surface area contributed by atoms with Gasteiger partial charge in [0.15, 0.2) is 0 Å². The van der Waals surface area contributed by atoms with E-state index in [9.17, 15) is 18.0 Å². The molecule has 1 saturated carbocycles. The van der Waals surface area contributed by atoms with E-state index in [0.29, 0.717) is 11.4 Å². The summed E-state index contributed by atoms with van der Waals surface area (Å²) < 4.78 is 26.4. The summed E-state index contributed by atoms with van der Waals surface area (Å²) in [6.07, 6.45) is 6.55. The molecule has 1 atom stereocenters. The number of anilines is 1. The third kappa shape index (κ3) is 7.60. The third-order valence-corrected chi connectivity index (χ3v) is 8.06. The maximum absolute atomic E-state index is 13.7. The molecule has 0 aromatic heterocycles. The lowest BCUT2D eigenvalue weighted by Gasteiger charge is -2.34. The topological polar surface area (TPSA) is 86.8 Å². The number of halogens is 2. The fourth-order valence-corrected chi connectivity index (χ4v) is 5.94. The SMILES string of the molecule is CCC(C(=O)NC1CCCCC1)N(Cc1ccccc1)C(=O)CN(c1ccc(Cl)cc1Cl)S(C)(=O)=O. The largest absolute Gasteiger partial charge is 0.352 e. The molecule has 2 amide bonds. The second-order valence-corrected chi connectivity index (χ2v) is 11.9. The van der Waals surface area contributed by atoms with E-state index in [1.165, 1.54) is 23.1 Å². The first kappa shape index (κ1) is 28.3. The lowest BCUT2D eigenvalue weighted by Crippen LogP contribution is -2.54. The van der Waals surface area contributed by atoms with Gasteiger partial charge >= 0.3 is 0 Å². The summed E-state index contributed by atoms with van der Waals surface area (Å²) in [4.78, 5) is 28.5. The van der Waals surface area contributed by atoms with Crippen molar-refractivity contribution in [1.82, 2.24) is 10.2 Å². The van der Waals surface area contributed by atoms with Crippen LogP contribution in [0.4, 0.5) is 5.69 Å². The monoisotopic (exact) mass is 553 g/mol. The Morgan fingerprint density at radius 1 is 1.06 bits per heavy atom. The molecule has 0 aliphatic heterocycles. The Bertz CT molecular complexity index is 1160. The van der Waals surface area contributed by atoms with E-state index in [-0.39, 0.29) is 29.2 Å². The number of hydrogen-bond acceptors (Lipinski definition) is 4. The van der Waals surface area contributed by atoms with Gasteiger partial charge in [-0.3, -0.25) is 13.9 Å². The Kier molecular flexibility index (Phi) is 10.0. The maximum atomic E-state index is 13.7. The van der Waals surface area contributed by atoms with Crippen LogP contribution in [-0.2, 0) is 26.2 Å². The van der Waals surface area contributed by atoms with Crippen molar-refractivity contribution in [3.63, 3.8) is 0 Å². The van der Waals surface area contributed by atoms with Crippen molar-refractivity contribution < 1.29 is 18.0 Å². The first-order valence-electron chi connectivity index (χ1n) is 12.2. The minimum absolute atomic E-state index is 0.0920. The highest BCUT2D eigenvalue weighted by Crippen LogP contribution is 2.30. The van der Waals surface area contributed by atoms with E-state index >= 15 is 0 Å². The molecule has 2 aromatic rings. The van der Waals surface area contributed by atoms with E-state index in [0.717, 1.165) is 48.2 Å². The molecule has 0 radical (unpaired) electrons. The lowest BCUT2D eigenvalue weighted by molar-refractivity contribution is -0.140. The number of hydrogen-bond donors (Lipinski definition) is 1. The van der Waals surface area contributed by atoms with Crippen LogP contribution in [0.25, 0.3) is 0 Å². The van der Waals surface area contributed by atoms with Crippen LogP contribution >= 0.6 is 23.2 Å². The Labute approximate surface area is 223 Å². The van der Waals surface area contributed by atoms with Crippen LogP contribution in [0.3, 0.4) is 0 Å². The number of benzene rings is 2. The molecule has 10 heteroatoms. The molecular formula is C26H33Cl2N3O4S. The summed E-state index contributed by atoms with van der Waals surface area (Å²) in [6.45, 7) is 1.52. The predicted molar refractivity (Wildman–Crippen MR) is 145 cm³/mol. The van der Waals surface area contributed by atoms with Crippen molar-refractivity contribution in [3.05, 3.63) is 64.1 Å². The Balaban J connectivity index is 1.91. The Morgan fingerprint density at radius 3 is 2.31 bits per heavy atom. The second kappa shape index (κ2) is 12.8. The quantitative estimate of drug-likeness (QED) is 0.447. The summed E-state index contributed by atoms with van der Waals surface area (Å²) in [6, 6.07) is 13.1. The molecule has 36 heavy (non-hydrogen) atoms. The summed E-state index contributed by atoms with van der Waals surface area (Å²) >= 11 is 12.3. The number of nitrogens with one attached hydrogen (secondary N) is 1. The van der Waals surface area contributed by atoms with Crippen molar-refractivity contribution in [2.24, 2.45) is 0 Å². The third-order valence-electron chi connectivity index (χ3n) is 6.39. The van der Waals surface area contributed by atoms with Gasteiger partial charge < -0.3 is 10.2 Å². The normalized spacial score (nSPS) is 15.2. The van der Waals surface area contributed by atoms with Crippen LogP contribution in [0.5, 0.6) is 0 Å². The number of rotatable bonds is 10. The summed E-state index contributed by atoms with van der Waals surface area (Å²) in [5.41, 5.74) is 0.987. The second-order valence-electron chi connectivity index (χ2n) is 9.14. The van der Waals surface area contributed by atoms with Gasteiger partial charge in [-0.2, -0.15) is 0 Å². The zero-order chi connectivity index (χ0) is 26.3. The molecule has 0 heterocycles. The van der Waals surface area contributed by atoms with Crippen LogP contribution in [0.15, 0.2) is 48.5 Å². The fourth-order valence-electron chi connectivity index (χ4n) is 4.52. The van der Waals surface area contributed by atoms with E-state index in [4.69, 9.17) is 23.2 Å². The van der Waals surface area contributed by atoms with Crippen molar-refractivity contribution >= 4 is 50.7 Å².